The molecule has 0 fully saturated rings. The van der Waals surface area contributed by atoms with Gasteiger partial charge in [-0.25, -0.2) is 4.98 Å². The second kappa shape index (κ2) is 3.37. The molecule has 3 N–H and O–H groups in total. The Kier molecular flexibility index (Phi) is 2.05. The van der Waals surface area contributed by atoms with Gasteiger partial charge in [0.2, 0.25) is 0 Å². The number of hydrogen-bond donors (Lipinski definition) is 2. The number of nitro benzene ring substituents is 1. The minimum absolute atomic E-state index is 0.0456. The second-order valence-corrected chi connectivity index (χ2v) is 2.86. The maximum atomic E-state index is 10.5. The topological polar surface area (TPSA) is 111 Å². The Balaban J connectivity index is 2.48. The minimum atomic E-state index is -0.499. The number of non-ortho nitro benzene ring substituents is 1. The van der Waals surface area contributed by atoms with E-state index < -0.39 is 4.92 Å². The molecule has 0 aliphatic heterocycles. The van der Waals surface area contributed by atoms with Crippen molar-refractivity contribution in [3.8, 4) is 11.4 Å². The largest absolute Gasteiger partial charge is 0.398 e. The smallest absolute Gasteiger partial charge is 0.271 e. The molecule has 0 aliphatic rings. The summed E-state index contributed by atoms with van der Waals surface area (Å²) >= 11 is 0. The summed E-state index contributed by atoms with van der Waals surface area (Å²) in [4.78, 5) is 13.9. The van der Waals surface area contributed by atoms with E-state index in [1.807, 2.05) is 0 Å². The highest BCUT2D eigenvalue weighted by Gasteiger charge is 2.11. The predicted molar refractivity (Wildman–Crippen MR) is 52.9 cm³/mol. The molecule has 0 aliphatic carbocycles. The van der Waals surface area contributed by atoms with Gasteiger partial charge < -0.3 is 5.73 Å². The lowest BCUT2D eigenvalue weighted by molar-refractivity contribution is -0.384. The van der Waals surface area contributed by atoms with E-state index >= 15 is 0 Å². The quantitative estimate of drug-likeness (QED) is 0.431. The van der Waals surface area contributed by atoms with Gasteiger partial charge in [-0.15, -0.1) is 0 Å². The van der Waals surface area contributed by atoms with E-state index in [1.54, 1.807) is 0 Å². The molecule has 0 saturated carbocycles. The van der Waals surface area contributed by atoms with Crippen molar-refractivity contribution in [2.75, 3.05) is 5.73 Å². The third-order valence-electron chi connectivity index (χ3n) is 1.92. The van der Waals surface area contributed by atoms with Crippen LogP contribution < -0.4 is 5.73 Å². The summed E-state index contributed by atoms with van der Waals surface area (Å²) in [5.74, 6) is 0.488. The zero-order valence-electron chi connectivity index (χ0n) is 7.54. The first kappa shape index (κ1) is 9.13. The fourth-order valence-electron chi connectivity index (χ4n) is 1.21. The molecule has 1 heterocycles. The lowest BCUT2D eigenvalue weighted by Gasteiger charge is -2.00. The van der Waals surface area contributed by atoms with Crippen LogP contribution in [0.4, 0.5) is 11.4 Å². The molecule has 0 amide bonds. The van der Waals surface area contributed by atoms with Gasteiger partial charge >= 0.3 is 0 Å². The van der Waals surface area contributed by atoms with Crippen LogP contribution in [0.3, 0.4) is 0 Å². The Morgan fingerprint density at radius 2 is 2.27 bits per heavy atom. The predicted octanol–water partition coefficient (Wildman–Crippen LogP) is 0.962. The van der Waals surface area contributed by atoms with Crippen LogP contribution in [0.25, 0.3) is 11.4 Å². The average molecular weight is 205 g/mol. The number of anilines is 1. The summed E-state index contributed by atoms with van der Waals surface area (Å²) in [5, 5.41) is 16.8. The van der Waals surface area contributed by atoms with Crippen LogP contribution in [0.1, 0.15) is 0 Å². The summed E-state index contributed by atoms with van der Waals surface area (Å²) in [6, 6.07) is 4.19. The normalized spacial score (nSPS) is 10.1. The lowest BCUT2D eigenvalue weighted by Crippen LogP contribution is -1.94. The van der Waals surface area contributed by atoms with Gasteiger partial charge in [-0.3, -0.25) is 15.2 Å². The van der Waals surface area contributed by atoms with Crippen molar-refractivity contribution in [2.24, 2.45) is 0 Å². The summed E-state index contributed by atoms with van der Waals surface area (Å²) in [5.41, 5.74) is 6.50. The number of benzene rings is 1. The first-order chi connectivity index (χ1) is 7.18. The van der Waals surface area contributed by atoms with Gasteiger partial charge in [-0.1, -0.05) is 0 Å². The van der Waals surface area contributed by atoms with Crippen LogP contribution >= 0.6 is 0 Å². The van der Waals surface area contributed by atoms with Crippen LogP contribution in [0.15, 0.2) is 24.5 Å². The molecule has 0 unspecified atom stereocenters. The number of nitrogens with one attached hydrogen (secondary N) is 1. The number of rotatable bonds is 2. The van der Waals surface area contributed by atoms with Gasteiger partial charge in [0.1, 0.15) is 6.33 Å². The van der Waals surface area contributed by atoms with Crippen molar-refractivity contribution in [1.29, 1.82) is 0 Å². The molecular weight excluding hydrogens is 198 g/mol. The summed E-state index contributed by atoms with van der Waals surface area (Å²) < 4.78 is 0. The Bertz CT molecular complexity index is 494. The van der Waals surface area contributed by atoms with Gasteiger partial charge in [0, 0.05) is 23.4 Å². The number of hydrogen-bond acceptors (Lipinski definition) is 5. The molecule has 0 radical (unpaired) electrons. The van der Waals surface area contributed by atoms with Crippen molar-refractivity contribution in [1.82, 2.24) is 15.2 Å². The Morgan fingerprint density at radius 1 is 1.47 bits per heavy atom. The standard InChI is InChI=1S/C8H7N5O2/c9-7-3-5(13(14)15)1-2-6(7)8-10-4-11-12-8/h1-4H,9H2,(H,10,11,12). The molecule has 0 saturated heterocycles. The van der Waals surface area contributed by atoms with Crippen LogP contribution in [0, 0.1) is 10.1 Å². The van der Waals surface area contributed by atoms with Crippen molar-refractivity contribution < 1.29 is 4.92 Å². The Labute approximate surface area is 84.1 Å². The minimum Gasteiger partial charge on any atom is -0.398 e. The van der Waals surface area contributed by atoms with Gasteiger partial charge in [-0.2, -0.15) is 5.10 Å². The molecule has 1 aromatic carbocycles. The first-order valence-electron chi connectivity index (χ1n) is 4.08. The highest BCUT2D eigenvalue weighted by Crippen LogP contribution is 2.26. The molecule has 1 aromatic heterocycles. The van der Waals surface area contributed by atoms with Gasteiger partial charge in [-0.05, 0) is 6.07 Å². The molecule has 0 spiro atoms. The molecule has 15 heavy (non-hydrogen) atoms. The Hall–Kier alpha value is -2.44. The maximum absolute atomic E-state index is 10.5. The molecule has 7 nitrogen and oxygen atoms in total. The van der Waals surface area contributed by atoms with Gasteiger partial charge in [0.25, 0.3) is 5.69 Å². The van der Waals surface area contributed by atoms with Crippen LogP contribution in [0.2, 0.25) is 0 Å². The maximum Gasteiger partial charge on any atom is 0.271 e. The third-order valence-corrected chi connectivity index (χ3v) is 1.92. The number of aromatic amines is 1. The van der Waals surface area contributed by atoms with E-state index in [4.69, 9.17) is 5.73 Å². The molecule has 7 heteroatoms. The molecule has 76 valence electrons. The SMILES string of the molecule is Nc1cc([N+](=O)[O-])ccc1-c1ncn[nH]1. The van der Waals surface area contributed by atoms with E-state index in [2.05, 4.69) is 15.2 Å². The third kappa shape index (κ3) is 1.62. The van der Waals surface area contributed by atoms with Gasteiger partial charge in [0.15, 0.2) is 5.82 Å². The molecule has 2 rings (SSSR count). The zero-order valence-corrected chi connectivity index (χ0v) is 7.54. The van der Waals surface area contributed by atoms with Crippen molar-refractivity contribution >= 4 is 11.4 Å². The number of H-pyrrole nitrogens is 1. The fourth-order valence-corrected chi connectivity index (χ4v) is 1.21. The van der Waals surface area contributed by atoms with E-state index in [1.165, 1.54) is 24.5 Å². The summed E-state index contributed by atoms with van der Waals surface area (Å²) in [7, 11) is 0. The highest BCUT2D eigenvalue weighted by atomic mass is 16.6. The number of nitro groups is 1. The van der Waals surface area contributed by atoms with Crippen molar-refractivity contribution in [2.45, 2.75) is 0 Å². The number of aromatic nitrogens is 3. The van der Waals surface area contributed by atoms with E-state index in [0.717, 1.165) is 0 Å². The monoisotopic (exact) mass is 205 g/mol. The van der Waals surface area contributed by atoms with Crippen LogP contribution in [0.5, 0.6) is 0 Å². The van der Waals surface area contributed by atoms with E-state index in [-0.39, 0.29) is 5.69 Å². The summed E-state index contributed by atoms with van der Waals surface area (Å²) in [6.07, 6.45) is 1.34. The Morgan fingerprint density at radius 3 is 2.80 bits per heavy atom. The number of nitrogens with two attached hydrogens (primary N) is 1. The number of nitrogens with zero attached hydrogens (tertiary/aromatic N) is 3. The molecule has 0 bridgehead atoms. The van der Waals surface area contributed by atoms with Gasteiger partial charge in [0.05, 0.1) is 4.92 Å². The lowest BCUT2D eigenvalue weighted by atomic mass is 10.1. The second-order valence-electron chi connectivity index (χ2n) is 2.86. The molecule has 2 aromatic rings. The summed E-state index contributed by atoms with van der Waals surface area (Å²) in [6.45, 7) is 0. The molecule has 0 atom stereocenters. The number of nitrogen functional groups attached to an aromatic ring is 1. The van der Waals surface area contributed by atoms with Crippen molar-refractivity contribution in [3.63, 3.8) is 0 Å². The first-order valence-corrected chi connectivity index (χ1v) is 4.08. The average Bonchev–Trinajstić information content (AvgIpc) is 2.70. The van der Waals surface area contributed by atoms with Crippen LogP contribution in [-0.2, 0) is 0 Å². The van der Waals surface area contributed by atoms with Crippen molar-refractivity contribution in [3.05, 3.63) is 34.6 Å². The zero-order chi connectivity index (χ0) is 10.8. The van der Waals surface area contributed by atoms with E-state index in [0.29, 0.717) is 17.1 Å². The highest BCUT2D eigenvalue weighted by molar-refractivity contribution is 5.73. The molecular formula is C8H7N5O2. The van der Waals surface area contributed by atoms with Crippen LogP contribution in [-0.4, -0.2) is 20.1 Å². The fraction of sp³-hybridized carbons (Fsp3) is 0. The van der Waals surface area contributed by atoms with E-state index in [9.17, 15) is 10.1 Å².